The first-order valence-electron chi connectivity index (χ1n) is 19.3. The molecule has 6 aliphatic rings. The van der Waals surface area contributed by atoms with Gasteiger partial charge < -0.3 is 19.7 Å². The Morgan fingerprint density at radius 1 is 1.00 bits per heavy atom. The number of allylic oxidation sites excluding steroid dienone is 1. The zero-order valence-electron chi connectivity index (χ0n) is 29.9. The molecule has 1 aromatic carbocycles. The van der Waals surface area contributed by atoms with Gasteiger partial charge in [-0.05, 0) is 92.7 Å². The van der Waals surface area contributed by atoms with Crippen LogP contribution in [0.2, 0.25) is 0 Å². The van der Waals surface area contributed by atoms with Gasteiger partial charge in [0.25, 0.3) is 5.91 Å². The monoisotopic (exact) mass is 744 g/mol. The van der Waals surface area contributed by atoms with Crippen LogP contribution in [0.3, 0.4) is 0 Å². The Hall–Kier alpha value is -4.26. The van der Waals surface area contributed by atoms with Crippen molar-refractivity contribution in [3.8, 4) is 5.88 Å². The van der Waals surface area contributed by atoms with E-state index in [1.54, 1.807) is 6.20 Å². The van der Waals surface area contributed by atoms with Crippen LogP contribution in [-0.2, 0) is 33.9 Å². The first kappa shape index (κ1) is 35.8. The van der Waals surface area contributed by atoms with Crippen LogP contribution in [0.4, 0.5) is 0 Å². The average molecular weight is 745 g/mol. The minimum Gasteiger partial charge on any atom is -0.472 e. The maximum atomic E-state index is 14.8. The number of carbonyl (C=O) groups is 4. The number of rotatable bonds is 7. The van der Waals surface area contributed by atoms with Gasteiger partial charge in [0.2, 0.25) is 27.7 Å². The first-order chi connectivity index (χ1) is 25.5. The second-order valence-corrected chi connectivity index (χ2v) is 17.9. The molecule has 1 aromatic heterocycles. The van der Waals surface area contributed by atoms with E-state index in [-0.39, 0.29) is 49.7 Å². The molecule has 1 saturated heterocycles. The topological polar surface area (TPSA) is 161 Å². The van der Waals surface area contributed by atoms with Crippen molar-refractivity contribution in [2.75, 3.05) is 6.54 Å². The highest BCUT2D eigenvalue weighted by Gasteiger charge is 2.62. The summed E-state index contributed by atoms with van der Waals surface area (Å²) in [5.74, 6) is -2.72. The molecule has 1 unspecified atom stereocenters. The standard InChI is InChI=1S/C40H48N4O8S/c1-2-28-22-40(28,39(48)43-53(49,50)30-15-16-30)42-36(46)33-20-29-23-44(33)38(47)32(25-8-3-4-9-25)21-35(45)52-34-12-6-11-27(34)10-5-7-24-13-14-26-17-18-41-37(51-29)31(26)19-24/h2,5,7,13-14,17-19,25,27-30,32-34H,1,3-4,6,8-12,15-16,20-23H2,(H,42,46)(H,43,48)/b7-5+/t27?,28-,29-,32+,33+,34-,40-/m1/s1. The van der Waals surface area contributed by atoms with E-state index < -0.39 is 62.6 Å². The molecule has 4 aliphatic carbocycles. The van der Waals surface area contributed by atoms with Crippen LogP contribution >= 0.6 is 0 Å². The fourth-order valence-corrected chi connectivity index (χ4v) is 10.5. The van der Waals surface area contributed by atoms with E-state index in [1.165, 1.54) is 11.0 Å². The molecule has 0 spiro atoms. The maximum Gasteiger partial charge on any atom is 0.306 e. The van der Waals surface area contributed by atoms with E-state index in [2.05, 4.69) is 33.8 Å². The van der Waals surface area contributed by atoms with Gasteiger partial charge in [0.05, 0.1) is 24.1 Å². The van der Waals surface area contributed by atoms with Crippen molar-refractivity contribution in [3.05, 3.63) is 54.8 Å². The number of esters is 1. The van der Waals surface area contributed by atoms with Crippen molar-refractivity contribution in [2.24, 2.45) is 23.7 Å². The molecular weight excluding hydrogens is 697 g/mol. The van der Waals surface area contributed by atoms with Crippen LogP contribution in [0.15, 0.2) is 49.2 Å². The van der Waals surface area contributed by atoms with Crippen LogP contribution in [0, 0.1) is 23.7 Å². The number of amides is 3. The van der Waals surface area contributed by atoms with Crippen LogP contribution < -0.4 is 14.8 Å². The number of nitrogens with one attached hydrogen (secondary N) is 2. The third-order valence-electron chi connectivity index (χ3n) is 12.4. The number of pyridine rings is 1. The lowest BCUT2D eigenvalue weighted by Gasteiger charge is -2.31. The van der Waals surface area contributed by atoms with Gasteiger partial charge in [0.15, 0.2) is 0 Å². The molecular formula is C40H48N4O8S. The third-order valence-corrected chi connectivity index (χ3v) is 14.2. The average Bonchev–Trinajstić information content (AvgIpc) is 3.93. The van der Waals surface area contributed by atoms with Gasteiger partial charge in [-0.15, -0.1) is 6.58 Å². The Labute approximate surface area is 310 Å². The molecule has 2 aromatic rings. The fraction of sp³-hybridized carbons (Fsp3) is 0.575. The fourth-order valence-electron chi connectivity index (χ4n) is 9.14. The summed E-state index contributed by atoms with van der Waals surface area (Å²) < 4.78 is 40.3. The van der Waals surface area contributed by atoms with Crippen LogP contribution in [-0.4, -0.2) is 77.6 Å². The minimum atomic E-state index is -3.87. The summed E-state index contributed by atoms with van der Waals surface area (Å²) in [7, 11) is -3.87. The Balaban J connectivity index is 1.13. The molecule has 8 rings (SSSR count). The largest absolute Gasteiger partial charge is 0.472 e. The normalized spacial score (nSPS) is 32.6. The predicted molar refractivity (Wildman–Crippen MR) is 196 cm³/mol. The number of ether oxygens (including phenoxy) is 2. The molecule has 282 valence electrons. The van der Waals surface area contributed by atoms with Gasteiger partial charge in [0.1, 0.15) is 23.8 Å². The van der Waals surface area contributed by atoms with E-state index in [4.69, 9.17) is 9.47 Å². The van der Waals surface area contributed by atoms with Crippen LogP contribution in [0.1, 0.15) is 89.0 Å². The maximum absolute atomic E-state index is 14.8. The van der Waals surface area contributed by atoms with Gasteiger partial charge in [-0.3, -0.25) is 23.9 Å². The summed E-state index contributed by atoms with van der Waals surface area (Å²) >= 11 is 0. The molecule has 2 N–H and O–H groups in total. The lowest BCUT2D eigenvalue weighted by atomic mass is 9.86. The SMILES string of the molecule is C=C[C@@H]1C[C@]1(NC(=O)[C@@H]1C[C@@H]2CN1C(=O)[C@H](C1CCCC1)CC(=O)O[C@@H]1CCCC1C/C=C/c1ccc3ccnc(c3c1)O2)C(=O)NS(=O)(=O)C1CC1. The highest BCUT2D eigenvalue weighted by molar-refractivity contribution is 7.91. The minimum absolute atomic E-state index is 0.0388. The third kappa shape index (κ3) is 7.20. The summed E-state index contributed by atoms with van der Waals surface area (Å²) in [4.78, 5) is 62.5. The molecule has 7 atom stereocenters. The number of carbonyl (C=O) groups excluding carboxylic acids is 4. The first-order valence-corrected chi connectivity index (χ1v) is 20.8. The molecule has 3 amide bonds. The van der Waals surface area contributed by atoms with Gasteiger partial charge in [-0.2, -0.15) is 0 Å². The second-order valence-electron chi connectivity index (χ2n) is 16.0. The number of sulfonamides is 1. The van der Waals surface area contributed by atoms with Crippen molar-refractivity contribution in [1.29, 1.82) is 0 Å². The molecule has 4 saturated carbocycles. The zero-order chi connectivity index (χ0) is 36.9. The summed E-state index contributed by atoms with van der Waals surface area (Å²) in [6, 6.07) is 6.92. The molecule has 0 radical (unpaired) electrons. The lowest BCUT2D eigenvalue weighted by molar-refractivity contribution is -0.156. The summed E-state index contributed by atoms with van der Waals surface area (Å²) in [5, 5.41) is 3.98. The Morgan fingerprint density at radius 2 is 1.79 bits per heavy atom. The van der Waals surface area contributed by atoms with Crippen molar-refractivity contribution in [1.82, 2.24) is 19.9 Å². The number of nitrogens with zero attached hydrogens (tertiary/aromatic N) is 2. The molecule has 13 heteroatoms. The van der Waals surface area contributed by atoms with Gasteiger partial charge in [0, 0.05) is 23.9 Å². The van der Waals surface area contributed by atoms with Crippen molar-refractivity contribution in [2.45, 2.75) is 113 Å². The van der Waals surface area contributed by atoms with E-state index in [0.29, 0.717) is 18.7 Å². The van der Waals surface area contributed by atoms with Gasteiger partial charge >= 0.3 is 5.97 Å². The molecule has 53 heavy (non-hydrogen) atoms. The van der Waals surface area contributed by atoms with Crippen LogP contribution in [0.25, 0.3) is 16.8 Å². The number of benzene rings is 1. The van der Waals surface area contributed by atoms with Crippen molar-refractivity contribution < 1.29 is 37.1 Å². The molecule has 2 aliphatic heterocycles. The number of hydrogen-bond acceptors (Lipinski definition) is 9. The van der Waals surface area contributed by atoms with E-state index in [1.807, 2.05) is 24.3 Å². The highest BCUT2D eigenvalue weighted by Crippen LogP contribution is 2.46. The second kappa shape index (κ2) is 14.2. The Bertz CT molecular complexity index is 1960. The summed E-state index contributed by atoms with van der Waals surface area (Å²) in [6.45, 7) is 3.88. The number of hydrogen-bond donors (Lipinski definition) is 2. The van der Waals surface area contributed by atoms with E-state index >= 15 is 0 Å². The predicted octanol–water partition coefficient (Wildman–Crippen LogP) is 4.58. The highest BCUT2D eigenvalue weighted by atomic mass is 32.2. The van der Waals surface area contributed by atoms with Crippen molar-refractivity contribution >= 4 is 50.6 Å². The summed E-state index contributed by atoms with van der Waals surface area (Å²) in [5.41, 5.74) is -0.537. The lowest BCUT2D eigenvalue weighted by Crippen LogP contribution is -2.57. The Kier molecular flexibility index (Phi) is 9.57. The zero-order valence-corrected chi connectivity index (χ0v) is 30.7. The molecule has 4 bridgehead atoms. The van der Waals surface area contributed by atoms with Crippen molar-refractivity contribution in [3.63, 3.8) is 0 Å². The number of fused-ring (bicyclic) bond motifs is 4. The van der Waals surface area contributed by atoms with Gasteiger partial charge in [-0.25, -0.2) is 13.4 Å². The molecule has 5 fully saturated rings. The van der Waals surface area contributed by atoms with E-state index in [9.17, 15) is 27.6 Å². The molecule has 3 heterocycles. The molecule has 12 nitrogen and oxygen atoms in total. The quantitative estimate of drug-likeness (QED) is 0.306. The van der Waals surface area contributed by atoms with Crippen LogP contribution in [0.5, 0.6) is 5.88 Å². The van der Waals surface area contributed by atoms with Gasteiger partial charge in [-0.1, -0.05) is 43.2 Å². The van der Waals surface area contributed by atoms with E-state index in [0.717, 1.165) is 67.7 Å². The summed E-state index contributed by atoms with van der Waals surface area (Å²) in [6.07, 6.45) is 14.7. The smallest absolute Gasteiger partial charge is 0.306 e. The number of aromatic nitrogens is 1. The Morgan fingerprint density at radius 3 is 2.55 bits per heavy atom.